The molecule has 1 atom stereocenters. The van der Waals surface area contributed by atoms with Crippen LogP contribution in [0.4, 0.5) is 0 Å². The van der Waals surface area contributed by atoms with E-state index in [1.807, 2.05) is 0 Å². The molecule has 0 saturated carbocycles. The lowest BCUT2D eigenvalue weighted by Crippen LogP contribution is -2.27. The Morgan fingerprint density at radius 1 is 0.512 bits per heavy atom. The van der Waals surface area contributed by atoms with Gasteiger partial charge in [0.2, 0.25) is 0 Å². The first-order valence-electron chi connectivity index (χ1n) is 18.2. The minimum absolute atomic E-state index is 0.336. The van der Waals surface area contributed by atoms with Crippen molar-refractivity contribution in [2.75, 3.05) is 0 Å². The van der Waals surface area contributed by atoms with E-state index in [1.54, 1.807) is 0 Å². The fourth-order valence-corrected chi connectivity index (χ4v) is 5.48. The third-order valence-electron chi connectivity index (χ3n) is 8.26. The Morgan fingerprint density at radius 3 is 1.32 bits per heavy atom. The second kappa shape index (κ2) is 33.2. The summed E-state index contributed by atoms with van der Waals surface area (Å²) < 4.78 is 5.30. The van der Waals surface area contributed by atoms with Gasteiger partial charge in [0.15, 0.2) is 6.10 Å². The highest BCUT2D eigenvalue weighted by Gasteiger charge is 2.21. The molecule has 4 nitrogen and oxygen atoms in total. The Balaban J connectivity index is 3.52. The number of esters is 1. The van der Waals surface area contributed by atoms with E-state index < -0.39 is 12.1 Å². The molecule has 4 heteroatoms. The average Bonchev–Trinajstić information content (AvgIpc) is 2.96. The molecule has 0 rings (SSSR count). The molecule has 242 valence electrons. The molecule has 0 aliphatic heterocycles. The van der Waals surface area contributed by atoms with Crippen molar-refractivity contribution < 1.29 is 19.4 Å². The lowest BCUT2D eigenvalue weighted by molar-refractivity contribution is -0.164. The number of carbonyl (C=O) groups is 2. The van der Waals surface area contributed by atoms with Crippen LogP contribution in [0.25, 0.3) is 0 Å². The Hall–Kier alpha value is -1.32. The number of allylic oxidation sites excluding steroid dienone is 2. The fourth-order valence-electron chi connectivity index (χ4n) is 5.48. The molecular weight excluding hydrogens is 508 g/mol. The zero-order valence-corrected chi connectivity index (χ0v) is 27.6. The van der Waals surface area contributed by atoms with E-state index in [-0.39, 0.29) is 5.97 Å². The third-order valence-corrected chi connectivity index (χ3v) is 8.26. The zero-order valence-electron chi connectivity index (χ0n) is 27.6. The van der Waals surface area contributed by atoms with Gasteiger partial charge in [-0.3, -0.25) is 4.79 Å². The second-order valence-corrected chi connectivity index (χ2v) is 12.4. The van der Waals surface area contributed by atoms with Crippen molar-refractivity contribution in [3.63, 3.8) is 0 Å². The maximum absolute atomic E-state index is 12.1. The molecule has 0 saturated heterocycles. The molecule has 41 heavy (non-hydrogen) atoms. The normalized spacial score (nSPS) is 12.2. The molecule has 0 aromatic heterocycles. The highest BCUT2D eigenvalue weighted by molar-refractivity contribution is 5.77. The molecule has 0 radical (unpaired) electrons. The number of rotatable bonds is 33. The minimum Gasteiger partial charge on any atom is -0.479 e. The van der Waals surface area contributed by atoms with Crippen LogP contribution in [0.1, 0.15) is 206 Å². The smallest absolute Gasteiger partial charge is 0.345 e. The van der Waals surface area contributed by atoms with Crippen molar-refractivity contribution in [1.29, 1.82) is 0 Å². The first-order chi connectivity index (χ1) is 20.1. The quantitative estimate of drug-likeness (QED) is 0.0478. The molecular formula is C37H70O4. The number of ether oxygens (including phenoxy) is 1. The first kappa shape index (κ1) is 39.7. The van der Waals surface area contributed by atoms with Crippen LogP contribution in [0.2, 0.25) is 0 Å². The van der Waals surface area contributed by atoms with Crippen LogP contribution in [-0.2, 0) is 14.3 Å². The van der Waals surface area contributed by atoms with Gasteiger partial charge >= 0.3 is 11.9 Å². The van der Waals surface area contributed by atoms with E-state index in [4.69, 9.17) is 4.74 Å². The van der Waals surface area contributed by atoms with Crippen LogP contribution >= 0.6 is 0 Å². The summed E-state index contributed by atoms with van der Waals surface area (Å²) >= 11 is 0. The van der Waals surface area contributed by atoms with Crippen molar-refractivity contribution in [1.82, 2.24) is 0 Å². The Morgan fingerprint density at radius 2 is 0.878 bits per heavy atom. The first-order valence-corrected chi connectivity index (χ1v) is 18.2. The van der Waals surface area contributed by atoms with Gasteiger partial charge in [-0.15, -0.1) is 0 Å². The molecule has 1 unspecified atom stereocenters. The molecule has 0 aromatic carbocycles. The predicted octanol–water partition coefficient (Wildman–Crippen LogP) is 12.3. The maximum atomic E-state index is 12.1. The van der Waals surface area contributed by atoms with Crippen LogP contribution in [0, 0.1) is 0 Å². The standard InChI is InChI=1S/C37H70O4/c1-3-5-7-9-11-13-15-17-18-19-20-21-22-23-25-27-29-31-33-35(37(39)40)41-36(38)34-32-30-28-26-24-16-14-12-10-8-6-4-2/h10,12,35H,3-9,11,13-34H2,1-2H3,(H,39,40)/b12-10-. The van der Waals surface area contributed by atoms with Gasteiger partial charge in [-0.2, -0.15) is 0 Å². The topological polar surface area (TPSA) is 63.6 Å². The van der Waals surface area contributed by atoms with Crippen LogP contribution in [0.15, 0.2) is 12.2 Å². The van der Waals surface area contributed by atoms with Crippen LogP contribution in [-0.4, -0.2) is 23.1 Å². The van der Waals surface area contributed by atoms with Crippen LogP contribution < -0.4 is 0 Å². The van der Waals surface area contributed by atoms with Gasteiger partial charge in [0.05, 0.1) is 0 Å². The Bertz CT molecular complexity index is 585. The number of aliphatic carboxylic acids is 1. The van der Waals surface area contributed by atoms with Gasteiger partial charge in [-0.1, -0.05) is 174 Å². The lowest BCUT2D eigenvalue weighted by Gasteiger charge is -2.13. The monoisotopic (exact) mass is 579 g/mol. The zero-order chi connectivity index (χ0) is 30.1. The summed E-state index contributed by atoms with van der Waals surface area (Å²) in [6, 6.07) is 0. The van der Waals surface area contributed by atoms with Gasteiger partial charge in [-0.05, 0) is 38.5 Å². The summed E-state index contributed by atoms with van der Waals surface area (Å²) in [7, 11) is 0. The van der Waals surface area contributed by atoms with Gasteiger partial charge < -0.3 is 9.84 Å². The lowest BCUT2D eigenvalue weighted by atomic mass is 10.0. The number of hydrogen-bond donors (Lipinski definition) is 1. The molecule has 0 amide bonds. The molecule has 0 aliphatic rings. The molecule has 0 fully saturated rings. The minimum atomic E-state index is -1.01. The van der Waals surface area contributed by atoms with E-state index in [2.05, 4.69) is 26.0 Å². The Labute approximate surface area is 255 Å². The summed E-state index contributed by atoms with van der Waals surface area (Å²) in [5.74, 6) is -1.36. The van der Waals surface area contributed by atoms with E-state index in [9.17, 15) is 14.7 Å². The second-order valence-electron chi connectivity index (χ2n) is 12.4. The molecule has 0 aromatic rings. The largest absolute Gasteiger partial charge is 0.479 e. The predicted molar refractivity (Wildman–Crippen MR) is 177 cm³/mol. The summed E-state index contributed by atoms with van der Waals surface area (Å²) in [6.45, 7) is 4.50. The summed E-state index contributed by atoms with van der Waals surface area (Å²) in [4.78, 5) is 23.7. The van der Waals surface area contributed by atoms with Gasteiger partial charge in [0, 0.05) is 6.42 Å². The van der Waals surface area contributed by atoms with E-state index in [0.29, 0.717) is 12.8 Å². The summed E-state index contributed by atoms with van der Waals surface area (Å²) in [6.07, 6.45) is 39.6. The van der Waals surface area contributed by atoms with E-state index >= 15 is 0 Å². The van der Waals surface area contributed by atoms with Crippen molar-refractivity contribution in [3.8, 4) is 0 Å². The Kier molecular flexibility index (Phi) is 32.1. The van der Waals surface area contributed by atoms with Gasteiger partial charge in [-0.25, -0.2) is 4.79 Å². The highest BCUT2D eigenvalue weighted by atomic mass is 16.6. The van der Waals surface area contributed by atoms with Gasteiger partial charge in [0.25, 0.3) is 0 Å². The average molecular weight is 579 g/mol. The number of carboxylic acid groups (broad SMARTS) is 1. The van der Waals surface area contributed by atoms with Crippen molar-refractivity contribution in [2.45, 2.75) is 213 Å². The highest BCUT2D eigenvalue weighted by Crippen LogP contribution is 2.16. The molecule has 0 heterocycles. The van der Waals surface area contributed by atoms with Crippen LogP contribution in [0.5, 0.6) is 0 Å². The van der Waals surface area contributed by atoms with E-state index in [1.165, 1.54) is 141 Å². The molecule has 1 N–H and O–H groups in total. The van der Waals surface area contributed by atoms with Crippen LogP contribution in [0.3, 0.4) is 0 Å². The van der Waals surface area contributed by atoms with Crippen molar-refractivity contribution in [2.24, 2.45) is 0 Å². The van der Waals surface area contributed by atoms with Crippen molar-refractivity contribution in [3.05, 3.63) is 12.2 Å². The number of unbranched alkanes of at least 4 members (excludes halogenated alkanes) is 25. The molecule has 0 spiro atoms. The SMILES string of the molecule is CCCC/C=C\CCCCCCCCC(=O)OC(CCCCCCCCCCCCCCCCCCCC)C(=O)O. The fraction of sp³-hybridized carbons (Fsp3) is 0.892. The third kappa shape index (κ3) is 31.4. The molecule has 0 aliphatic carbocycles. The summed E-state index contributed by atoms with van der Waals surface area (Å²) in [5.41, 5.74) is 0. The van der Waals surface area contributed by atoms with Crippen molar-refractivity contribution >= 4 is 11.9 Å². The van der Waals surface area contributed by atoms with Gasteiger partial charge in [0.1, 0.15) is 0 Å². The number of carboxylic acids is 1. The summed E-state index contributed by atoms with van der Waals surface area (Å²) in [5, 5.41) is 9.46. The number of hydrogen-bond acceptors (Lipinski definition) is 3. The maximum Gasteiger partial charge on any atom is 0.345 e. The van der Waals surface area contributed by atoms with E-state index in [0.717, 1.165) is 38.5 Å². The molecule has 0 bridgehead atoms. The number of carbonyl (C=O) groups excluding carboxylic acids is 1.